The Kier molecular flexibility index (Phi) is 9.64. The number of phenols is 1. The van der Waals surface area contributed by atoms with Gasteiger partial charge in [0.25, 0.3) is 5.69 Å². The third-order valence-electron chi connectivity index (χ3n) is 4.19. The van der Waals surface area contributed by atoms with Crippen LogP contribution >= 0.6 is 0 Å². The van der Waals surface area contributed by atoms with Gasteiger partial charge in [0.1, 0.15) is 0 Å². The van der Waals surface area contributed by atoms with E-state index in [1.54, 1.807) is 0 Å². The van der Waals surface area contributed by atoms with Gasteiger partial charge in [-0.3, -0.25) is 25.2 Å². The zero-order valence-electron chi connectivity index (χ0n) is 16.9. The van der Waals surface area contributed by atoms with Gasteiger partial charge in [-0.15, -0.1) is 0 Å². The molecular formula is C20H24N3NiO5-. The van der Waals surface area contributed by atoms with Gasteiger partial charge in [-0.05, 0) is 23.0 Å². The summed E-state index contributed by atoms with van der Waals surface area (Å²) < 4.78 is 0. The number of non-ortho nitro benzene ring substituents is 1. The van der Waals surface area contributed by atoms with Crippen LogP contribution < -0.4 is 0 Å². The van der Waals surface area contributed by atoms with Crippen LogP contribution in [0.15, 0.2) is 35.3 Å². The summed E-state index contributed by atoms with van der Waals surface area (Å²) in [7, 11) is 0. The van der Waals surface area contributed by atoms with Crippen LogP contribution in [0.25, 0.3) is 0 Å². The van der Waals surface area contributed by atoms with Crippen molar-refractivity contribution in [3.05, 3.63) is 74.7 Å². The van der Waals surface area contributed by atoms with Gasteiger partial charge < -0.3 is 12.5 Å². The second-order valence-corrected chi connectivity index (χ2v) is 6.77. The summed E-state index contributed by atoms with van der Waals surface area (Å²) in [6.07, 6.45) is 1.24. The van der Waals surface area contributed by atoms with Crippen LogP contribution in [0.4, 0.5) is 17.1 Å². The van der Waals surface area contributed by atoms with Crippen LogP contribution in [0.2, 0.25) is 0 Å². The van der Waals surface area contributed by atoms with Gasteiger partial charge in [0.15, 0.2) is 0 Å². The van der Waals surface area contributed by atoms with Crippen LogP contribution in [0.1, 0.15) is 56.2 Å². The van der Waals surface area contributed by atoms with Gasteiger partial charge in [-0.25, -0.2) is 0 Å². The predicted molar refractivity (Wildman–Crippen MR) is 110 cm³/mol. The molecule has 0 spiro atoms. The maximum Gasteiger partial charge on any atom is 0.318 e. The Labute approximate surface area is 179 Å². The van der Waals surface area contributed by atoms with Crippen LogP contribution in [0.3, 0.4) is 0 Å². The van der Waals surface area contributed by atoms with Crippen molar-refractivity contribution in [2.75, 3.05) is 0 Å². The van der Waals surface area contributed by atoms with Crippen LogP contribution in [0.5, 0.6) is 5.75 Å². The molecule has 0 radical (unpaired) electrons. The first-order valence-electron chi connectivity index (χ1n) is 8.46. The Hall–Kier alpha value is -2.80. The number of benzene rings is 2. The molecule has 0 amide bonds. The Balaban J connectivity index is 0.00000392. The minimum atomic E-state index is -0.860. The Morgan fingerprint density at radius 2 is 1.52 bits per heavy atom. The van der Waals surface area contributed by atoms with E-state index in [4.69, 9.17) is 0 Å². The third-order valence-corrected chi connectivity index (χ3v) is 4.19. The predicted octanol–water partition coefficient (Wildman–Crippen LogP) is 5.65. The molecule has 0 bridgehead atoms. The summed E-state index contributed by atoms with van der Waals surface area (Å²) in [6.45, 7) is 8.09. The molecule has 0 aliphatic rings. The third kappa shape index (κ3) is 5.84. The largest absolute Gasteiger partial charge is 0.502 e. The fourth-order valence-corrected chi connectivity index (χ4v) is 2.76. The van der Waals surface area contributed by atoms with Gasteiger partial charge in [0.2, 0.25) is 5.75 Å². The average Bonchev–Trinajstić information content (AvgIpc) is 2.59. The number of phenolic OH excluding ortho intramolecular Hbond substituents is 1. The molecule has 0 saturated heterocycles. The number of nitrogens with zero attached hydrogens (tertiary/aromatic N) is 3. The molecule has 2 rings (SSSR count). The zero-order chi connectivity index (χ0) is 20.3. The maximum absolute atomic E-state index is 11.1. The molecule has 2 aromatic rings. The van der Waals surface area contributed by atoms with Crippen molar-refractivity contribution >= 4 is 23.3 Å². The molecule has 160 valence electrons. The smallest absolute Gasteiger partial charge is 0.318 e. The molecule has 8 nitrogen and oxygen atoms in total. The quantitative estimate of drug-likeness (QED) is 0.203. The normalized spacial score (nSPS) is 10.7. The Bertz CT molecular complexity index is 900. The zero-order valence-corrected chi connectivity index (χ0v) is 17.8. The molecule has 0 unspecified atom stereocenters. The van der Waals surface area contributed by atoms with E-state index in [9.17, 15) is 25.3 Å². The molecule has 0 aliphatic carbocycles. The van der Waals surface area contributed by atoms with E-state index in [0.717, 1.165) is 23.3 Å². The first-order chi connectivity index (χ1) is 12.6. The fourth-order valence-electron chi connectivity index (χ4n) is 2.76. The molecule has 0 atom stereocenters. The molecule has 2 aromatic carbocycles. The average molecular weight is 445 g/mol. The number of aromatic hydroxyl groups is 1. The Morgan fingerprint density at radius 1 is 1.00 bits per heavy atom. The molecule has 0 heterocycles. The van der Waals surface area contributed by atoms with Gasteiger partial charge in [0, 0.05) is 34.3 Å². The van der Waals surface area contributed by atoms with Crippen molar-refractivity contribution < 1.29 is 31.4 Å². The minimum Gasteiger partial charge on any atom is -0.502 e. The maximum atomic E-state index is 11.1. The second-order valence-electron chi connectivity index (χ2n) is 6.77. The summed E-state index contributed by atoms with van der Waals surface area (Å²) in [4.78, 5) is 25.0. The van der Waals surface area contributed by atoms with Crippen molar-refractivity contribution in [3.63, 3.8) is 0 Å². The van der Waals surface area contributed by atoms with Crippen molar-refractivity contribution in [1.29, 1.82) is 0 Å². The summed E-state index contributed by atoms with van der Waals surface area (Å²) in [5.74, 6) is -0.282. The van der Waals surface area contributed by atoms with Crippen molar-refractivity contribution in [2.45, 2.75) is 39.5 Å². The molecular weight excluding hydrogens is 421 g/mol. The number of hydrogen-bond donors (Lipinski definition) is 1. The number of aliphatic imine (C=N–C) groups is 1. The van der Waals surface area contributed by atoms with E-state index in [1.807, 2.05) is 45.9 Å². The Morgan fingerprint density at radius 3 is 1.93 bits per heavy atom. The van der Waals surface area contributed by atoms with E-state index in [2.05, 4.69) is 4.99 Å². The van der Waals surface area contributed by atoms with Gasteiger partial charge >= 0.3 is 5.69 Å². The van der Waals surface area contributed by atoms with E-state index >= 15 is 0 Å². The number of nitro groups is 2. The molecule has 0 saturated carbocycles. The number of hydrogen-bond acceptors (Lipinski definition) is 6. The van der Waals surface area contributed by atoms with Crippen LogP contribution in [0, 0.1) is 27.7 Å². The van der Waals surface area contributed by atoms with Crippen LogP contribution in [-0.2, 0) is 16.5 Å². The minimum absolute atomic E-state index is 0. The number of para-hydroxylation sites is 1. The second kappa shape index (κ2) is 10.7. The SMILES string of the molecule is CC(C)c1cccc(C(C)C)c1N=Cc1cc([N+](=O)[O-])cc([N+](=O)[O-])c1O.[CH3-].[Ni]. The van der Waals surface area contributed by atoms with Gasteiger partial charge in [-0.1, -0.05) is 45.9 Å². The molecule has 9 heteroatoms. The van der Waals surface area contributed by atoms with Gasteiger partial charge in [-0.2, -0.15) is 0 Å². The molecule has 1 N–H and O–H groups in total. The molecule has 29 heavy (non-hydrogen) atoms. The first kappa shape index (κ1) is 26.2. The van der Waals surface area contributed by atoms with Crippen molar-refractivity contribution in [3.8, 4) is 5.75 Å². The van der Waals surface area contributed by atoms with Crippen molar-refractivity contribution in [2.24, 2.45) is 4.99 Å². The van der Waals surface area contributed by atoms with Gasteiger partial charge in [0.05, 0.1) is 21.6 Å². The van der Waals surface area contributed by atoms with Crippen LogP contribution in [-0.4, -0.2) is 21.2 Å². The monoisotopic (exact) mass is 444 g/mol. The fraction of sp³-hybridized carbons (Fsp3) is 0.300. The van der Waals surface area contributed by atoms with E-state index in [1.165, 1.54) is 6.21 Å². The van der Waals surface area contributed by atoms with E-state index in [-0.39, 0.29) is 41.3 Å². The topological polar surface area (TPSA) is 119 Å². The van der Waals surface area contributed by atoms with E-state index < -0.39 is 27.0 Å². The molecule has 0 fully saturated rings. The standard InChI is InChI=1S/C19H21N3O5.CH3.Ni/c1-11(2)15-6-5-7-16(12(3)4)18(15)20-10-13-8-14(21(24)25)9-17(19(13)23)22(26)27;;/h5-12,23H,1-4H3;1H3;/q;-1;. The summed E-state index contributed by atoms with van der Waals surface area (Å²) in [6, 6.07) is 7.63. The first-order valence-corrected chi connectivity index (χ1v) is 8.46. The summed E-state index contributed by atoms with van der Waals surface area (Å²) in [5.41, 5.74) is 1.38. The molecule has 0 aromatic heterocycles. The van der Waals surface area contributed by atoms with Crippen molar-refractivity contribution in [1.82, 2.24) is 0 Å². The number of nitro benzene ring substituents is 2. The van der Waals surface area contributed by atoms with E-state index in [0.29, 0.717) is 5.69 Å². The molecule has 0 aliphatic heterocycles. The summed E-state index contributed by atoms with van der Waals surface area (Å²) in [5, 5.41) is 32.3. The summed E-state index contributed by atoms with van der Waals surface area (Å²) >= 11 is 0. The number of rotatable bonds is 6.